The summed E-state index contributed by atoms with van der Waals surface area (Å²) >= 11 is 0. The average Bonchev–Trinajstić information content (AvgIpc) is 3.18. The number of fused-ring (bicyclic) bond motifs is 1. The summed E-state index contributed by atoms with van der Waals surface area (Å²) in [6.45, 7) is 5.61. The molecule has 3 aromatic heterocycles. The van der Waals surface area contributed by atoms with Crippen molar-refractivity contribution in [2.45, 2.75) is 33.5 Å². The number of rotatable bonds is 7. The van der Waals surface area contributed by atoms with Gasteiger partial charge in [0.15, 0.2) is 0 Å². The van der Waals surface area contributed by atoms with Crippen LogP contribution in [0.2, 0.25) is 0 Å². The van der Waals surface area contributed by atoms with Gasteiger partial charge in [-0.25, -0.2) is 4.98 Å². The van der Waals surface area contributed by atoms with Crippen LogP contribution in [-0.4, -0.2) is 20.0 Å². The van der Waals surface area contributed by atoms with Gasteiger partial charge >= 0.3 is 0 Å². The van der Waals surface area contributed by atoms with E-state index in [1.165, 1.54) is 0 Å². The quantitative estimate of drug-likeness (QED) is 0.352. The molecular weight excluding hydrogens is 462 g/mol. The Balaban J connectivity index is 1.26. The lowest BCUT2D eigenvalue weighted by molar-refractivity contribution is 0.0950. The molecule has 1 amide bonds. The van der Waals surface area contributed by atoms with Crippen LogP contribution in [-0.2, 0) is 19.6 Å². The molecule has 0 bridgehead atoms. The fraction of sp³-hybridized carbons (Fsp3) is 0.167. The molecule has 3 N–H and O–H groups in total. The lowest BCUT2D eigenvalue weighted by Gasteiger charge is -2.12. The molecule has 186 valence electrons. The van der Waals surface area contributed by atoms with Crippen LogP contribution in [0.5, 0.6) is 0 Å². The van der Waals surface area contributed by atoms with E-state index < -0.39 is 0 Å². The lowest BCUT2D eigenvalue weighted by atomic mass is 10.1. The van der Waals surface area contributed by atoms with Gasteiger partial charge in [0.25, 0.3) is 11.5 Å². The number of nitrogens with zero attached hydrogens (tertiary/aromatic N) is 3. The Kier molecular flexibility index (Phi) is 6.60. The number of nitrogens with two attached hydrogens (primary N) is 1. The molecule has 0 saturated carbocycles. The van der Waals surface area contributed by atoms with Crippen molar-refractivity contribution >= 4 is 22.5 Å². The van der Waals surface area contributed by atoms with Crippen LogP contribution in [0.4, 0.5) is 5.82 Å². The van der Waals surface area contributed by atoms with E-state index in [1.54, 1.807) is 29.1 Å². The maximum Gasteiger partial charge on any atom is 0.253 e. The minimum absolute atomic E-state index is 0.0152. The first-order valence-electron chi connectivity index (χ1n) is 12.2. The highest BCUT2D eigenvalue weighted by atomic mass is 16.1. The van der Waals surface area contributed by atoms with E-state index in [1.807, 2.05) is 62.4 Å². The first kappa shape index (κ1) is 24.1. The highest BCUT2D eigenvalue weighted by Gasteiger charge is 2.16. The number of aromatic nitrogens is 3. The van der Waals surface area contributed by atoms with Crippen LogP contribution < -0.4 is 16.6 Å². The molecular formula is C30H29N5O2. The number of aryl methyl sites for hydroxylation is 1. The van der Waals surface area contributed by atoms with Gasteiger partial charge in [-0.15, -0.1) is 0 Å². The van der Waals surface area contributed by atoms with Crippen molar-refractivity contribution in [3.8, 4) is 0 Å². The fourth-order valence-corrected chi connectivity index (χ4v) is 4.63. The van der Waals surface area contributed by atoms with Crippen molar-refractivity contribution in [3.05, 3.63) is 129 Å². The van der Waals surface area contributed by atoms with Gasteiger partial charge in [0.2, 0.25) is 0 Å². The summed E-state index contributed by atoms with van der Waals surface area (Å²) in [5, 5.41) is 4.95. The van der Waals surface area contributed by atoms with Crippen LogP contribution in [0, 0.1) is 13.8 Å². The summed E-state index contributed by atoms with van der Waals surface area (Å²) < 4.78 is 3.84. The summed E-state index contributed by atoms with van der Waals surface area (Å²) in [6.07, 6.45) is 3.48. The van der Waals surface area contributed by atoms with Crippen LogP contribution in [0.25, 0.3) is 10.8 Å². The first-order chi connectivity index (χ1) is 17.9. The number of carbonyl (C=O) groups excluding carboxylic acids is 1. The third kappa shape index (κ3) is 5.16. The normalized spacial score (nSPS) is 11.1. The SMILES string of the molecule is Cc1cc(C(=O)NCc2ccc3c(N)nccc3c2)c(C)n1Cc1ccc(Cn2ccccc2=O)cc1. The molecule has 7 heteroatoms. The fourth-order valence-electron chi connectivity index (χ4n) is 4.63. The molecule has 0 fully saturated rings. The van der Waals surface area contributed by atoms with E-state index in [2.05, 4.69) is 27.0 Å². The van der Waals surface area contributed by atoms with E-state index in [-0.39, 0.29) is 11.5 Å². The molecule has 0 saturated heterocycles. The molecule has 5 rings (SSSR count). The Hall–Kier alpha value is -4.65. The van der Waals surface area contributed by atoms with Crippen LogP contribution in [0.15, 0.2) is 90.0 Å². The number of anilines is 1. The Bertz CT molecular complexity index is 1650. The van der Waals surface area contributed by atoms with Crippen molar-refractivity contribution in [3.63, 3.8) is 0 Å². The molecule has 0 aliphatic heterocycles. The third-order valence-corrected chi connectivity index (χ3v) is 6.75. The molecule has 3 heterocycles. The van der Waals surface area contributed by atoms with E-state index in [4.69, 9.17) is 5.73 Å². The number of pyridine rings is 2. The molecule has 0 spiro atoms. The molecule has 0 aliphatic rings. The zero-order chi connectivity index (χ0) is 25.9. The number of amides is 1. The third-order valence-electron chi connectivity index (χ3n) is 6.75. The standard InChI is InChI=1S/C30H29N5O2/c1-20-15-27(30(37)33-17-24-10-11-26-25(16-24)12-13-32-29(26)31)21(2)35(20)19-23-8-6-22(7-9-23)18-34-14-4-3-5-28(34)36/h3-16H,17-19H2,1-2H3,(H2,31,32)(H,33,37). The smallest absolute Gasteiger partial charge is 0.253 e. The Morgan fingerprint density at radius 2 is 1.65 bits per heavy atom. The van der Waals surface area contributed by atoms with Crippen molar-refractivity contribution in [1.29, 1.82) is 0 Å². The second-order valence-electron chi connectivity index (χ2n) is 9.29. The molecule has 5 aromatic rings. The van der Waals surface area contributed by atoms with E-state index in [0.29, 0.717) is 31.0 Å². The second kappa shape index (κ2) is 10.1. The predicted octanol–water partition coefficient (Wildman–Crippen LogP) is 4.42. The van der Waals surface area contributed by atoms with Gasteiger partial charge in [-0.05, 0) is 60.2 Å². The van der Waals surface area contributed by atoms with Gasteiger partial charge < -0.3 is 20.2 Å². The minimum Gasteiger partial charge on any atom is -0.383 e. The van der Waals surface area contributed by atoms with Crippen molar-refractivity contribution in [1.82, 2.24) is 19.4 Å². The second-order valence-corrected chi connectivity index (χ2v) is 9.29. The summed E-state index contributed by atoms with van der Waals surface area (Å²) in [5.41, 5.74) is 11.7. The summed E-state index contributed by atoms with van der Waals surface area (Å²) in [4.78, 5) is 29.1. The summed E-state index contributed by atoms with van der Waals surface area (Å²) in [5.74, 6) is 0.402. The number of nitrogens with one attached hydrogen (secondary N) is 1. The molecule has 0 aliphatic carbocycles. The Labute approximate surface area is 215 Å². The first-order valence-corrected chi connectivity index (χ1v) is 12.2. The monoisotopic (exact) mass is 491 g/mol. The Morgan fingerprint density at radius 1 is 0.919 bits per heavy atom. The van der Waals surface area contributed by atoms with Crippen molar-refractivity contribution < 1.29 is 4.79 Å². The molecule has 0 unspecified atom stereocenters. The van der Waals surface area contributed by atoms with Gasteiger partial charge in [-0.2, -0.15) is 0 Å². The molecule has 37 heavy (non-hydrogen) atoms. The van der Waals surface area contributed by atoms with Crippen LogP contribution in [0.1, 0.15) is 38.4 Å². The molecule has 0 atom stereocenters. The number of hydrogen-bond acceptors (Lipinski definition) is 4. The van der Waals surface area contributed by atoms with E-state index in [0.717, 1.165) is 38.9 Å². The summed E-state index contributed by atoms with van der Waals surface area (Å²) in [6, 6.07) is 23.2. The molecule has 0 radical (unpaired) electrons. The number of carbonyl (C=O) groups is 1. The highest BCUT2D eigenvalue weighted by molar-refractivity contribution is 5.96. The van der Waals surface area contributed by atoms with E-state index >= 15 is 0 Å². The number of benzene rings is 2. The zero-order valence-electron chi connectivity index (χ0n) is 20.9. The summed E-state index contributed by atoms with van der Waals surface area (Å²) in [7, 11) is 0. The van der Waals surface area contributed by atoms with Gasteiger partial charge in [0.05, 0.1) is 12.1 Å². The van der Waals surface area contributed by atoms with Crippen molar-refractivity contribution in [2.75, 3.05) is 5.73 Å². The number of nitrogen functional groups attached to an aromatic ring is 1. The van der Waals surface area contributed by atoms with Crippen LogP contribution >= 0.6 is 0 Å². The van der Waals surface area contributed by atoms with Crippen molar-refractivity contribution in [2.24, 2.45) is 0 Å². The number of hydrogen-bond donors (Lipinski definition) is 2. The van der Waals surface area contributed by atoms with Gasteiger partial charge in [-0.3, -0.25) is 9.59 Å². The lowest BCUT2D eigenvalue weighted by Crippen LogP contribution is -2.23. The van der Waals surface area contributed by atoms with Gasteiger partial charge in [0, 0.05) is 48.3 Å². The average molecular weight is 492 g/mol. The predicted molar refractivity (Wildman–Crippen MR) is 147 cm³/mol. The van der Waals surface area contributed by atoms with Crippen LogP contribution in [0.3, 0.4) is 0 Å². The topological polar surface area (TPSA) is 94.9 Å². The maximum atomic E-state index is 13.0. The maximum absolute atomic E-state index is 13.0. The van der Waals surface area contributed by atoms with Gasteiger partial charge in [-0.1, -0.05) is 42.5 Å². The minimum atomic E-state index is -0.0997. The van der Waals surface area contributed by atoms with E-state index in [9.17, 15) is 9.59 Å². The van der Waals surface area contributed by atoms with Gasteiger partial charge in [0.1, 0.15) is 5.82 Å². The zero-order valence-corrected chi connectivity index (χ0v) is 20.9. The molecule has 2 aromatic carbocycles. The largest absolute Gasteiger partial charge is 0.383 e. The molecule has 7 nitrogen and oxygen atoms in total. The Morgan fingerprint density at radius 3 is 2.41 bits per heavy atom. The highest BCUT2D eigenvalue weighted by Crippen LogP contribution is 2.21.